The Labute approximate surface area is 112 Å². The molecule has 1 aromatic rings. The molecule has 96 valence electrons. The van der Waals surface area contributed by atoms with Gasteiger partial charge >= 0.3 is 0 Å². The van der Waals surface area contributed by atoms with Gasteiger partial charge < -0.3 is 5.32 Å². The fourth-order valence-corrected chi connectivity index (χ4v) is 2.49. The topological polar surface area (TPSA) is 42.0 Å². The van der Waals surface area contributed by atoms with Crippen LogP contribution in [0.3, 0.4) is 0 Å². The van der Waals surface area contributed by atoms with Crippen molar-refractivity contribution < 1.29 is 4.79 Å². The summed E-state index contributed by atoms with van der Waals surface area (Å²) in [6.45, 7) is 2.95. The molecule has 1 rings (SSSR count). The summed E-state index contributed by atoms with van der Waals surface area (Å²) >= 11 is 7.15. The summed E-state index contributed by atoms with van der Waals surface area (Å²) in [5, 5.41) is 5.65. The maximum atomic E-state index is 11.6. The van der Waals surface area contributed by atoms with Gasteiger partial charge in [-0.3, -0.25) is 4.79 Å². The third kappa shape index (κ3) is 6.03. The van der Waals surface area contributed by atoms with Gasteiger partial charge in [-0.1, -0.05) is 26.2 Å². The van der Waals surface area contributed by atoms with Crippen molar-refractivity contribution in [2.24, 2.45) is 0 Å². The van der Waals surface area contributed by atoms with Crippen LogP contribution < -0.4 is 5.32 Å². The number of carbonyl (C=O) groups excluding carboxylic acids is 1. The number of alkyl halides is 1. The van der Waals surface area contributed by atoms with Crippen LogP contribution in [-0.2, 0) is 17.1 Å². The lowest BCUT2D eigenvalue weighted by atomic mass is 10.2. The first-order valence-corrected chi connectivity index (χ1v) is 7.43. The highest BCUT2D eigenvalue weighted by atomic mass is 35.5. The summed E-state index contributed by atoms with van der Waals surface area (Å²) < 4.78 is 0. The second kappa shape index (κ2) is 8.48. The number of nitrogens with one attached hydrogen (secondary N) is 1. The van der Waals surface area contributed by atoms with E-state index in [-0.39, 0.29) is 5.91 Å². The molecule has 0 atom stereocenters. The van der Waals surface area contributed by atoms with E-state index in [1.54, 1.807) is 0 Å². The third-order valence-electron chi connectivity index (χ3n) is 2.40. The number of unbranched alkanes of at least 4 members (excludes halogenated alkanes) is 3. The number of hydrogen-bond donors (Lipinski definition) is 1. The zero-order chi connectivity index (χ0) is 12.5. The molecule has 0 aliphatic carbocycles. The van der Waals surface area contributed by atoms with E-state index in [9.17, 15) is 4.79 Å². The van der Waals surface area contributed by atoms with Gasteiger partial charge in [-0.25, -0.2) is 4.98 Å². The van der Waals surface area contributed by atoms with Crippen LogP contribution in [0, 0.1) is 0 Å². The molecule has 17 heavy (non-hydrogen) atoms. The van der Waals surface area contributed by atoms with E-state index >= 15 is 0 Å². The lowest BCUT2D eigenvalue weighted by molar-refractivity contribution is -0.120. The Morgan fingerprint density at radius 2 is 2.29 bits per heavy atom. The van der Waals surface area contributed by atoms with Gasteiger partial charge in [0.2, 0.25) is 5.91 Å². The Bertz CT molecular complexity index is 341. The van der Waals surface area contributed by atoms with Crippen LogP contribution in [-0.4, -0.2) is 17.4 Å². The first-order valence-electron chi connectivity index (χ1n) is 6.02. The van der Waals surface area contributed by atoms with Crippen molar-refractivity contribution in [3.63, 3.8) is 0 Å². The Balaban J connectivity index is 2.16. The van der Waals surface area contributed by atoms with Gasteiger partial charge in [0, 0.05) is 11.9 Å². The van der Waals surface area contributed by atoms with Crippen LogP contribution in [0.4, 0.5) is 0 Å². The maximum Gasteiger partial charge on any atom is 0.226 e. The van der Waals surface area contributed by atoms with Crippen LogP contribution >= 0.6 is 22.9 Å². The number of nitrogens with zero attached hydrogens (tertiary/aromatic N) is 1. The van der Waals surface area contributed by atoms with Gasteiger partial charge in [-0.15, -0.1) is 22.9 Å². The van der Waals surface area contributed by atoms with Crippen LogP contribution in [0.2, 0.25) is 0 Å². The first-order chi connectivity index (χ1) is 8.26. The molecule has 3 nitrogen and oxygen atoms in total. The Morgan fingerprint density at radius 3 is 2.94 bits per heavy atom. The summed E-state index contributed by atoms with van der Waals surface area (Å²) in [6.07, 6.45) is 5.07. The van der Waals surface area contributed by atoms with E-state index in [0.717, 1.165) is 23.7 Å². The molecule has 0 bridgehead atoms. The second-order valence-electron chi connectivity index (χ2n) is 3.95. The lowest BCUT2D eigenvalue weighted by Crippen LogP contribution is -2.26. The predicted molar refractivity (Wildman–Crippen MR) is 72.5 cm³/mol. The summed E-state index contributed by atoms with van der Waals surface area (Å²) in [7, 11) is 0. The van der Waals surface area contributed by atoms with Gasteiger partial charge in [0.05, 0.1) is 18.0 Å². The molecule has 0 aromatic carbocycles. The molecule has 1 amide bonds. The molecule has 0 radical (unpaired) electrons. The number of thiazole rings is 1. The summed E-state index contributed by atoms with van der Waals surface area (Å²) in [5.41, 5.74) is 0.849. The van der Waals surface area contributed by atoms with Gasteiger partial charge in [-0.05, 0) is 6.42 Å². The molecule has 0 fully saturated rings. The molecule has 0 saturated carbocycles. The Morgan fingerprint density at radius 1 is 1.47 bits per heavy atom. The molecular formula is C12H19ClN2OS. The van der Waals surface area contributed by atoms with E-state index in [2.05, 4.69) is 17.2 Å². The van der Waals surface area contributed by atoms with E-state index in [4.69, 9.17) is 11.6 Å². The molecule has 0 aliphatic heterocycles. The third-order valence-corrected chi connectivity index (χ3v) is 3.57. The monoisotopic (exact) mass is 274 g/mol. The average Bonchev–Trinajstić information content (AvgIpc) is 2.76. The van der Waals surface area contributed by atoms with E-state index in [1.165, 1.54) is 30.6 Å². The summed E-state index contributed by atoms with van der Waals surface area (Å²) in [6, 6.07) is 0. The maximum absolute atomic E-state index is 11.6. The van der Waals surface area contributed by atoms with Crippen molar-refractivity contribution >= 4 is 28.8 Å². The number of halogens is 1. The van der Waals surface area contributed by atoms with Crippen LogP contribution in [0.1, 0.15) is 43.3 Å². The Kier molecular flexibility index (Phi) is 7.21. The molecular weight excluding hydrogens is 256 g/mol. The van der Waals surface area contributed by atoms with Crippen molar-refractivity contribution in [1.29, 1.82) is 0 Å². The highest BCUT2D eigenvalue weighted by Gasteiger charge is 2.06. The van der Waals surface area contributed by atoms with Crippen molar-refractivity contribution in [2.45, 2.75) is 44.9 Å². The van der Waals surface area contributed by atoms with Crippen LogP contribution in [0.15, 0.2) is 5.38 Å². The van der Waals surface area contributed by atoms with Gasteiger partial charge in [0.1, 0.15) is 5.01 Å². The van der Waals surface area contributed by atoms with Crippen molar-refractivity contribution in [1.82, 2.24) is 10.3 Å². The van der Waals surface area contributed by atoms with Gasteiger partial charge in [-0.2, -0.15) is 0 Å². The second-order valence-corrected chi connectivity index (χ2v) is 5.16. The molecule has 5 heteroatoms. The van der Waals surface area contributed by atoms with Crippen molar-refractivity contribution in [2.75, 3.05) is 6.54 Å². The molecule has 0 saturated heterocycles. The Hall–Kier alpha value is -0.610. The SMILES string of the molecule is CCCCCCNC(=O)Cc1nc(CCl)cs1. The number of carbonyl (C=O) groups is 1. The zero-order valence-corrected chi connectivity index (χ0v) is 11.7. The molecule has 0 unspecified atom stereocenters. The predicted octanol–water partition coefficient (Wildman–Crippen LogP) is 3.12. The summed E-state index contributed by atoms with van der Waals surface area (Å²) in [4.78, 5) is 15.8. The quantitative estimate of drug-likeness (QED) is 0.585. The van der Waals surface area contributed by atoms with E-state index in [0.29, 0.717) is 12.3 Å². The largest absolute Gasteiger partial charge is 0.356 e. The van der Waals surface area contributed by atoms with Gasteiger partial charge in [0.25, 0.3) is 0 Å². The minimum atomic E-state index is 0.0528. The minimum absolute atomic E-state index is 0.0528. The molecule has 1 heterocycles. The van der Waals surface area contributed by atoms with Crippen molar-refractivity contribution in [3.05, 3.63) is 16.1 Å². The van der Waals surface area contributed by atoms with E-state index < -0.39 is 0 Å². The molecule has 1 N–H and O–H groups in total. The van der Waals surface area contributed by atoms with Gasteiger partial charge in [0.15, 0.2) is 0 Å². The highest BCUT2D eigenvalue weighted by Crippen LogP contribution is 2.11. The van der Waals surface area contributed by atoms with Crippen LogP contribution in [0.25, 0.3) is 0 Å². The van der Waals surface area contributed by atoms with E-state index in [1.807, 2.05) is 5.38 Å². The molecule has 0 aliphatic rings. The standard InChI is InChI=1S/C12H19ClN2OS/c1-2-3-4-5-6-14-11(16)7-12-15-10(8-13)9-17-12/h9H,2-8H2,1H3,(H,14,16). The number of rotatable bonds is 8. The minimum Gasteiger partial charge on any atom is -0.356 e. The zero-order valence-electron chi connectivity index (χ0n) is 10.2. The smallest absolute Gasteiger partial charge is 0.226 e. The highest BCUT2D eigenvalue weighted by molar-refractivity contribution is 7.09. The normalized spacial score (nSPS) is 10.5. The lowest BCUT2D eigenvalue weighted by Gasteiger charge is -2.03. The average molecular weight is 275 g/mol. The number of amides is 1. The fraction of sp³-hybridized carbons (Fsp3) is 0.667. The fourth-order valence-electron chi connectivity index (χ4n) is 1.47. The number of aromatic nitrogens is 1. The molecule has 0 spiro atoms. The van der Waals surface area contributed by atoms with Crippen molar-refractivity contribution in [3.8, 4) is 0 Å². The first kappa shape index (κ1) is 14.5. The summed E-state index contributed by atoms with van der Waals surface area (Å²) in [5.74, 6) is 0.465. The molecule has 1 aromatic heterocycles. The van der Waals surface area contributed by atoms with Crippen LogP contribution in [0.5, 0.6) is 0 Å². The number of hydrogen-bond acceptors (Lipinski definition) is 3.